The van der Waals surface area contributed by atoms with Gasteiger partial charge in [-0.05, 0) is 51.5 Å². The number of piperidine rings is 1. The average Bonchev–Trinajstić information content (AvgIpc) is 2.45. The Labute approximate surface area is 131 Å². The summed E-state index contributed by atoms with van der Waals surface area (Å²) in [5.41, 5.74) is 0. The van der Waals surface area contributed by atoms with Crippen LogP contribution in [0.2, 0.25) is 10.0 Å². The molecule has 1 saturated heterocycles. The smallest absolute Gasteiger partial charge is 0.121 e. The van der Waals surface area contributed by atoms with Crippen molar-refractivity contribution in [2.24, 2.45) is 0 Å². The number of nitrogens with zero attached hydrogens (tertiary/aromatic N) is 1. The molecule has 0 atom stereocenters. The fourth-order valence-electron chi connectivity index (χ4n) is 2.47. The van der Waals surface area contributed by atoms with Gasteiger partial charge in [0, 0.05) is 19.2 Å². The van der Waals surface area contributed by atoms with Crippen molar-refractivity contribution in [3.05, 3.63) is 28.2 Å². The van der Waals surface area contributed by atoms with Crippen LogP contribution in [-0.4, -0.2) is 44.2 Å². The van der Waals surface area contributed by atoms with Crippen LogP contribution >= 0.6 is 23.2 Å². The van der Waals surface area contributed by atoms with Crippen molar-refractivity contribution in [1.82, 2.24) is 10.2 Å². The second-order valence-corrected chi connectivity index (χ2v) is 6.01. The highest BCUT2D eigenvalue weighted by Crippen LogP contribution is 2.28. The summed E-state index contributed by atoms with van der Waals surface area (Å²) in [6.07, 6.45) is 3.63. The van der Waals surface area contributed by atoms with Crippen molar-refractivity contribution < 1.29 is 4.74 Å². The Bertz CT molecular complexity index is 420. The fourth-order valence-corrected chi connectivity index (χ4v) is 2.76. The van der Waals surface area contributed by atoms with Crippen molar-refractivity contribution >= 4 is 23.2 Å². The minimum Gasteiger partial charge on any atom is -0.490 e. The van der Waals surface area contributed by atoms with Gasteiger partial charge in [0.25, 0.3) is 0 Å². The van der Waals surface area contributed by atoms with Crippen molar-refractivity contribution in [1.29, 1.82) is 0 Å². The topological polar surface area (TPSA) is 24.5 Å². The third-order valence-corrected chi connectivity index (χ3v) is 4.37. The van der Waals surface area contributed by atoms with Gasteiger partial charge >= 0.3 is 0 Å². The number of nitrogens with one attached hydrogen (secondary N) is 1. The number of halogens is 2. The third kappa shape index (κ3) is 4.81. The predicted octanol–water partition coefficient (Wildman–Crippen LogP) is 3.45. The molecule has 112 valence electrons. The standard InChI is InChI=1S/C15H22Cl2N2O/c1-18-7-2-8-19-9-5-12(6-10-19)20-13-3-4-14(16)15(17)11-13/h3-4,11-12,18H,2,5-10H2,1H3. The number of hydrogen-bond donors (Lipinski definition) is 1. The van der Waals surface area contributed by atoms with E-state index in [4.69, 9.17) is 27.9 Å². The van der Waals surface area contributed by atoms with E-state index in [2.05, 4.69) is 10.2 Å². The van der Waals surface area contributed by atoms with E-state index in [1.807, 2.05) is 13.1 Å². The highest BCUT2D eigenvalue weighted by atomic mass is 35.5. The maximum absolute atomic E-state index is 6.00. The van der Waals surface area contributed by atoms with E-state index in [1.165, 1.54) is 13.0 Å². The number of rotatable bonds is 6. The summed E-state index contributed by atoms with van der Waals surface area (Å²) in [7, 11) is 2.00. The van der Waals surface area contributed by atoms with Gasteiger partial charge in [0.1, 0.15) is 11.9 Å². The van der Waals surface area contributed by atoms with Gasteiger partial charge in [-0.2, -0.15) is 0 Å². The summed E-state index contributed by atoms with van der Waals surface area (Å²) < 4.78 is 5.98. The molecule has 0 amide bonds. The van der Waals surface area contributed by atoms with Crippen molar-refractivity contribution in [2.45, 2.75) is 25.4 Å². The van der Waals surface area contributed by atoms with Gasteiger partial charge < -0.3 is 15.0 Å². The van der Waals surface area contributed by atoms with Gasteiger partial charge in [-0.25, -0.2) is 0 Å². The Hall–Kier alpha value is -0.480. The quantitative estimate of drug-likeness (QED) is 0.814. The fraction of sp³-hybridized carbons (Fsp3) is 0.600. The lowest BCUT2D eigenvalue weighted by Crippen LogP contribution is -2.39. The lowest BCUT2D eigenvalue weighted by Gasteiger charge is -2.32. The van der Waals surface area contributed by atoms with E-state index in [0.29, 0.717) is 10.0 Å². The molecule has 0 saturated carbocycles. The molecule has 0 bridgehead atoms. The maximum atomic E-state index is 6.00. The summed E-state index contributed by atoms with van der Waals surface area (Å²) in [6, 6.07) is 5.46. The van der Waals surface area contributed by atoms with E-state index in [1.54, 1.807) is 12.1 Å². The first-order valence-electron chi connectivity index (χ1n) is 7.17. The molecule has 0 spiro atoms. The molecule has 20 heavy (non-hydrogen) atoms. The molecule has 1 fully saturated rings. The van der Waals surface area contributed by atoms with E-state index >= 15 is 0 Å². The molecule has 2 rings (SSSR count). The number of benzene rings is 1. The highest BCUT2D eigenvalue weighted by Gasteiger charge is 2.20. The number of ether oxygens (including phenoxy) is 1. The summed E-state index contributed by atoms with van der Waals surface area (Å²) >= 11 is 11.9. The molecular formula is C15H22Cl2N2O. The summed E-state index contributed by atoms with van der Waals surface area (Å²) in [5.74, 6) is 0.813. The van der Waals surface area contributed by atoms with Crippen LogP contribution in [0, 0.1) is 0 Å². The second-order valence-electron chi connectivity index (χ2n) is 5.19. The number of likely N-dealkylation sites (tertiary alicyclic amines) is 1. The molecule has 0 aromatic heterocycles. The lowest BCUT2D eigenvalue weighted by molar-refractivity contribution is 0.100. The minimum atomic E-state index is 0.285. The van der Waals surface area contributed by atoms with Gasteiger partial charge in [0.15, 0.2) is 0 Å². The Balaban J connectivity index is 1.75. The second kappa shape index (κ2) is 8.08. The van der Waals surface area contributed by atoms with E-state index in [9.17, 15) is 0 Å². The first kappa shape index (κ1) is 15.9. The van der Waals surface area contributed by atoms with Crippen LogP contribution in [0.3, 0.4) is 0 Å². The molecule has 1 N–H and O–H groups in total. The van der Waals surface area contributed by atoms with Crippen LogP contribution in [0.25, 0.3) is 0 Å². The van der Waals surface area contributed by atoms with Gasteiger partial charge in [-0.1, -0.05) is 23.2 Å². The molecular weight excluding hydrogens is 295 g/mol. The van der Waals surface area contributed by atoms with Crippen LogP contribution in [0.15, 0.2) is 18.2 Å². The zero-order valence-electron chi connectivity index (χ0n) is 11.9. The van der Waals surface area contributed by atoms with Gasteiger partial charge in [0.05, 0.1) is 10.0 Å². The molecule has 1 aliphatic heterocycles. The van der Waals surface area contributed by atoms with Crippen LogP contribution in [0.1, 0.15) is 19.3 Å². The van der Waals surface area contributed by atoms with Gasteiger partial charge in [-0.3, -0.25) is 0 Å². The van der Waals surface area contributed by atoms with Crippen LogP contribution in [0.4, 0.5) is 0 Å². The third-order valence-electron chi connectivity index (χ3n) is 3.63. The summed E-state index contributed by atoms with van der Waals surface area (Å²) in [6.45, 7) is 4.46. The molecule has 5 heteroatoms. The van der Waals surface area contributed by atoms with Crippen molar-refractivity contribution in [2.75, 3.05) is 33.2 Å². The zero-order chi connectivity index (χ0) is 14.4. The van der Waals surface area contributed by atoms with E-state index in [0.717, 1.165) is 38.2 Å². The molecule has 1 aromatic rings. The number of hydrogen-bond acceptors (Lipinski definition) is 3. The summed E-state index contributed by atoms with van der Waals surface area (Å²) in [4.78, 5) is 2.51. The predicted molar refractivity (Wildman–Crippen MR) is 85.1 cm³/mol. The van der Waals surface area contributed by atoms with Gasteiger partial charge in [0.2, 0.25) is 0 Å². The molecule has 1 heterocycles. The molecule has 0 radical (unpaired) electrons. The Morgan fingerprint density at radius 1 is 1.25 bits per heavy atom. The van der Waals surface area contributed by atoms with Crippen molar-refractivity contribution in [3.63, 3.8) is 0 Å². The monoisotopic (exact) mass is 316 g/mol. The van der Waals surface area contributed by atoms with Crippen LogP contribution in [-0.2, 0) is 0 Å². The normalized spacial score (nSPS) is 17.4. The molecule has 0 aliphatic carbocycles. The van der Waals surface area contributed by atoms with Gasteiger partial charge in [-0.15, -0.1) is 0 Å². The highest BCUT2D eigenvalue weighted by molar-refractivity contribution is 6.42. The minimum absolute atomic E-state index is 0.285. The maximum Gasteiger partial charge on any atom is 0.121 e. The molecule has 0 unspecified atom stereocenters. The molecule has 3 nitrogen and oxygen atoms in total. The Kier molecular flexibility index (Phi) is 6.43. The largest absolute Gasteiger partial charge is 0.490 e. The first-order chi connectivity index (χ1) is 9.69. The summed E-state index contributed by atoms with van der Waals surface area (Å²) in [5, 5.41) is 4.30. The van der Waals surface area contributed by atoms with Crippen LogP contribution < -0.4 is 10.1 Å². The van der Waals surface area contributed by atoms with E-state index < -0.39 is 0 Å². The first-order valence-corrected chi connectivity index (χ1v) is 7.93. The van der Waals surface area contributed by atoms with E-state index in [-0.39, 0.29) is 6.10 Å². The average molecular weight is 317 g/mol. The Morgan fingerprint density at radius 2 is 2.00 bits per heavy atom. The van der Waals surface area contributed by atoms with Crippen molar-refractivity contribution in [3.8, 4) is 5.75 Å². The van der Waals surface area contributed by atoms with Crippen LogP contribution in [0.5, 0.6) is 5.75 Å². The zero-order valence-corrected chi connectivity index (χ0v) is 13.4. The lowest BCUT2D eigenvalue weighted by atomic mass is 10.1. The molecule has 1 aliphatic rings. The SMILES string of the molecule is CNCCCN1CCC(Oc2ccc(Cl)c(Cl)c2)CC1. The molecule has 1 aromatic carbocycles. The Morgan fingerprint density at radius 3 is 2.65 bits per heavy atom.